The van der Waals surface area contributed by atoms with Crippen LogP contribution in [-0.2, 0) is 9.53 Å². The van der Waals surface area contributed by atoms with Crippen molar-refractivity contribution in [2.24, 2.45) is 11.8 Å². The molecule has 2 aliphatic heterocycles. The predicted octanol–water partition coefficient (Wildman–Crippen LogP) is 1.21. The van der Waals surface area contributed by atoms with Gasteiger partial charge in [0.15, 0.2) is 0 Å². The van der Waals surface area contributed by atoms with Crippen LogP contribution in [0.25, 0.3) is 0 Å². The van der Waals surface area contributed by atoms with E-state index in [0.717, 1.165) is 45.7 Å². The Morgan fingerprint density at radius 1 is 1.25 bits per heavy atom. The minimum Gasteiger partial charge on any atom is -0.481 e. The van der Waals surface area contributed by atoms with E-state index >= 15 is 0 Å². The first-order valence-electron chi connectivity index (χ1n) is 6.26. The van der Waals surface area contributed by atoms with E-state index in [9.17, 15) is 4.79 Å². The number of carboxylic acids is 1. The Morgan fingerprint density at radius 2 is 2.00 bits per heavy atom. The van der Waals surface area contributed by atoms with Crippen LogP contribution in [0.5, 0.6) is 0 Å². The second kappa shape index (κ2) is 5.64. The third kappa shape index (κ3) is 3.46. The molecule has 1 atom stereocenters. The van der Waals surface area contributed by atoms with Crippen molar-refractivity contribution in [3.63, 3.8) is 0 Å². The van der Waals surface area contributed by atoms with Crippen molar-refractivity contribution in [2.45, 2.75) is 25.7 Å². The lowest BCUT2D eigenvalue weighted by molar-refractivity contribution is -0.138. The van der Waals surface area contributed by atoms with Crippen LogP contribution in [0.15, 0.2) is 0 Å². The molecule has 0 aromatic carbocycles. The molecule has 0 aromatic heterocycles. The van der Waals surface area contributed by atoms with Crippen LogP contribution in [0.2, 0.25) is 0 Å². The fourth-order valence-electron chi connectivity index (χ4n) is 2.71. The van der Waals surface area contributed by atoms with Crippen LogP contribution in [0.1, 0.15) is 25.7 Å². The summed E-state index contributed by atoms with van der Waals surface area (Å²) in [5, 5.41) is 8.73. The number of ether oxygens (including phenoxy) is 1. The quantitative estimate of drug-likeness (QED) is 0.784. The largest absolute Gasteiger partial charge is 0.481 e. The van der Waals surface area contributed by atoms with E-state index in [4.69, 9.17) is 9.84 Å². The van der Waals surface area contributed by atoms with Crippen molar-refractivity contribution in [3.05, 3.63) is 0 Å². The van der Waals surface area contributed by atoms with Crippen LogP contribution < -0.4 is 0 Å². The Bertz CT molecular complexity index is 230. The van der Waals surface area contributed by atoms with Crippen LogP contribution in [0.3, 0.4) is 0 Å². The minimum atomic E-state index is -0.650. The van der Waals surface area contributed by atoms with E-state index in [1.54, 1.807) is 0 Å². The summed E-state index contributed by atoms with van der Waals surface area (Å²) in [4.78, 5) is 13.1. The number of likely N-dealkylation sites (tertiary alicyclic amines) is 1. The van der Waals surface area contributed by atoms with E-state index in [1.165, 1.54) is 6.42 Å². The molecule has 4 nitrogen and oxygen atoms in total. The summed E-state index contributed by atoms with van der Waals surface area (Å²) in [6.07, 6.45) is 3.62. The molecule has 1 unspecified atom stereocenters. The molecule has 0 spiro atoms. The Kier molecular flexibility index (Phi) is 4.18. The Balaban J connectivity index is 1.66. The number of piperidine rings is 1. The van der Waals surface area contributed by atoms with E-state index in [-0.39, 0.29) is 0 Å². The zero-order valence-electron chi connectivity index (χ0n) is 9.73. The molecule has 2 heterocycles. The number of carbonyl (C=O) groups is 1. The Morgan fingerprint density at radius 3 is 2.56 bits per heavy atom. The van der Waals surface area contributed by atoms with Gasteiger partial charge in [-0.1, -0.05) is 0 Å². The van der Waals surface area contributed by atoms with Gasteiger partial charge in [0.25, 0.3) is 0 Å². The van der Waals surface area contributed by atoms with Gasteiger partial charge < -0.3 is 14.7 Å². The first kappa shape index (κ1) is 11.9. The first-order chi connectivity index (χ1) is 7.74. The average molecular weight is 227 g/mol. The monoisotopic (exact) mass is 227 g/mol. The topological polar surface area (TPSA) is 49.8 Å². The highest BCUT2D eigenvalue weighted by Gasteiger charge is 2.24. The molecule has 4 heteroatoms. The predicted molar refractivity (Wildman–Crippen MR) is 60.3 cm³/mol. The van der Waals surface area contributed by atoms with E-state index < -0.39 is 5.97 Å². The maximum Gasteiger partial charge on any atom is 0.303 e. The van der Waals surface area contributed by atoms with Gasteiger partial charge in [-0.2, -0.15) is 0 Å². The van der Waals surface area contributed by atoms with Crippen LogP contribution >= 0.6 is 0 Å². The van der Waals surface area contributed by atoms with Gasteiger partial charge in [0.1, 0.15) is 0 Å². The van der Waals surface area contributed by atoms with Crippen LogP contribution in [0.4, 0.5) is 0 Å². The van der Waals surface area contributed by atoms with Gasteiger partial charge in [0.05, 0.1) is 6.61 Å². The van der Waals surface area contributed by atoms with Gasteiger partial charge in [-0.25, -0.2) is 0 Å². The van der Waals surface area contributed by atoms with E-state index in [1.807, 2.05) is 0 Å². The van der Waals surface area contributed by atoms with Crippen molar-refractivity contribution < 1.29 is 14.6 Å². The molecule has 2 saturated heterocycles. The molecule has 2 fully saturated rings. The number of aliphatic carboxylic acids is 1. The lowest BCUT2D eigenvalue weighted by Crippen LogP contribution is -2.37. The van der Waals surface area contributed by atoms with Crippen molar-refractivity contribution >= 4 is 5.97 Å². The van der Waals surface area contributed by atoms with Crippen LogP contribution in [-0.4, -0.2) is 48.8 Å². The Hall–Kier alpha value is -0.610. The second-order valence-electron chi connectivity index (χ2n) is 5.07. The molecule has 2 aliphatic rings. The maximum atomic E-state index is 10.6. The lowest BCUT2D eigenvalue weighted by Gasteiger charge is -2.32. The SMILES string of the molecule is O=C(O)CC1CCN(CC2CCOC2)CC1. The molecule has 0 aliphatic carbocycles. The summed E-state index contributed by atoms with van der Waals surface area (Å²) in [6, 6.07) is 0. The zero-order valence-corrected chi connectivity index (χ0v) is 9.73. The molecule has 0 saturated carbocycles. The molecular formula is C12H21NO3. The smallest absolute Gasteiger partial charge is 0.303 e. The van der Waals surface area contributed by atoms with Crippen LogP contribution in [0, 0.1) is 11.8 Å². The normalized spacial score (nSPS) is 28.4. The maximum absolute atomic E-state index is 10.6. The van der Waals surface area contributed by atoms with Crippen molar-refractivity contribution in [3.8, 4) is 0 Å². The fraction of sp³-hybridized carbons (Fsp3) is 0.917. The van der Waals surface area contributed by atoms with Crippen molar-refractivity contribution in [1.82, 2.24) is 4.90 Å². The molecule has 0 bridgehead atoms. The van der Waals surface area contributed by atoms with Gasteiger partial charge >= 0.3 is 5.97 Å². The third-order valence-electron chi connectivity index (χ3n) is 3.71. The highest BCUT2D eigenvalue weighted by Crippen LogP contribution is 2.22. The summed E-state index contributed by atoms with van der Waals surface area (Å²) < 4.78 is 5.37. The minimum absolute atomic E-state index is 0.348. The van der Waals surface area contributed by atoms with Gasteiger partial charge in [-0.15, -0.1) is 0 Å². The van der Waals surface area contributed by atoms with Gasteiger partial charge in [0.2, 0.25) is 0 Å². The van der Waals surface area contributed by atoms with Gasteiger partial charge in [-0.05, 0) is 44.2 Å². The fourth-order valence-corrected chi connectivity index (χ4v) is 2.71. The molecule has 0 amide bonds. The third-order valence-corrected chi connectivity index (χ3v) is 3.71. The van der Waals surface area contributed by atoms with Crippen molar-refractivity contribution in [1.29, 1.82) is 0 Å². The number of rotatable bonds is 4. The number of nitrogens with zero attached hydrogens (tertiary/aromatic N) is 1. The van der Waals surface area contributed by atoms with E-state index in [0.29, 0.717) is 18.3 Å². The zero-order chi connectivity index (χ0) is 11.4. The van der Waals surface area contributed by atoms with Gasteiger partial charge in [0, 0.05) is 19.6 Å². The highest BCUT2D eigenvalue weighted by atomic mass is 16.5. The average Bonchev–Trinajstić information content (AvgIpc) is 2.73. The lowest BCUT2D eigenvalue weighted by atomic mass is 9.93. The van der Waals surface area contributed by atoms with E-state index in [2.05, 4.69) is 4.90 Å². The standard InChI is InChI=1S/C12H21NO3/c14-12(15)7-10-1-4-13(5-2-10)8-11-3-6-16-9-11/h10-11H,1-9H2,(H,14,15). The number of hydrogen-bond acceptors (Lipinski definition) is 3. The second-order valence-corrected chi connectivity index (χ2v) is 5.07. The molecule has 16 heavy (non-hydrogen) atoms. The summed E-state index contributed by atoms with van der Waals surface area (Å²) in [5.74, 6) is 0.451. The summed E-state index contributed by atoms with van der Waals surface area (Å²) in [7, 11) is 0. The number of carboxylic acid groups (broad SMARTS) is 1. The summed E-state index contributed by atoms with van der Waals surface area (Å²) >= 11 is 0. The Labute approximate surface area is 96.6 Å². The molecule has 0 aromatic rings. The molecule has 0 radical (unpaired) electrons. The van der Waals surface area contributed by atoms with Crippen molar-refractivity contribution in [2.75, 3.05) is 32.8 Å². The molecule has 92 valence electrons. The molecular weight excluding hydrogens is 206 g/mol. The number of hydrogen-bond donors (Lipinski definition) is 1. The summed E-state index contributed by atoms with van der Waals surface area (Å²) in [5.41, 5.74) is 0. The highest BCUT2D eigenvalue weighted by molar-refractivity contribution is 5.67. The first-order valence-corrected chi connectivity index (χ1v) is 6.26. The molecule has 2 rings (SSSR count). The molecule has 1 N–H and O–H groups in total. The summed E-state index contributed by atoms with van der Waals surface area (Å²) in [6.45, 7) is 5.10. The van der Waals surface area contributed by atoms with Gasteiger partial charge in [-0.3, -0.25) is 4.79 Å².